The van der Waals surface area contributed by atoms with E-state index < -0.39 is 6.36 Å². The summed E-state index contributed by atoms with van der Waals surface area (Å²) in [6.07, 6.45) is 0.555. The molecule has 0 saturated carbocycles. The minimum Gasteiger partial charge on any atom is -0.360 e. The van der Waals surface area contributed by atoms with Crippen molar-refractivity contribution in [3.05, 3.63) is 48.0 Å². The lowest BCUT2D eigenvalue weighted by Gasteiger charge is -2.02. The van der Waals surface area contributed by atoms with Gasteiger partial charge < -0.3 is 5.11 Å². The third kappa shape index (κ3) is 2.17. The lowest BCUT2D eigenvalue weighted by Crippen LogP contribution is -1.90. The number of benzene rings is 1. The highest BCUT2D eigenvalue weighted by Gasteiger charge is 2.03. The predicted molar refractivity (Wildman–Crippen MR) is 46.4 cm³/mol. The number of hydrogen-bond acceptors (Lipinski definition) is 1. The van der Waals surface area contributed by atoms with Gasteiger partial charge >= 0.3 is 0 Å². The number of allylic oxidation sites excluding steroid dienone is 1. The van der Waals surface area contributed by atoms with Crippen molar-refractivity contribution in [2.75, 3.05) is 0 Å². The molecule has 12 heavy (non-hydrogen) atoms. The Bertz CT molecular complexity index is 268. The summed E-state index contributed by atoms with van der Waals surface area (Å²) in [7, 11) is 0. The second-order valence-corrected chi connectivity index (χ2v) is 2.57. The summed E-state index contributed by atoms with van der Waals surface area (Å²) < 4.78 is 12.4. The zero-order valence-corrected chi connectivity index (χ0v) is 6.70. The van der Waals surface area contributed by atoms with Gasteiger partial charge in [-0.05, 0) is 12.0 Å². The third-order valence-electron chi connectivity index (χ3n) is 1.61. The Morgan fingerprint density at radius 1 is 1.58 bits per heavy atom. The maximum Gasteiger partial charge on any atom is 0.222 e. The van der Waals surface area contributed by atoms with Crippen molar-refractivity contribution in [1.29, 1.82) is 0 Å². The number of hydrogen-bond donors (Lipinski definition) is 1. The van der Waals surface area contributed by atoms with Crippen LogP contribution in [0.4, 0.5) is 4.39 Å². The monoisotopic (exact) mass is 166 g/mol. The fourth-order valence-corrected chi connectivity index (χ4v) is 1.03. The highest BCUT2D eigenvalue weighted by Crippen LogP contribution is 2.15. The molecular formula is C10H11FO. The first-order valence-corrected chi connectivity index (χ1v) is 3.76. The quantitative estimate of drug-likeness (QED) is 0.683. The van der Waals surface area contributed by atoms with Gasteiger partial charge in [0.2, 0.25) is 6.36 Å². The molecule has 0 saturated heterocycles. The number of rotatable bonds is 3. The average molecular weight is 166 g/mol. The standard InChI is InChI=1S/C10H11FO/c1-2-4-8-5-3-6-9(7-8)10(11)12/h2-3,5-7,10,12H,1,4H2. The molecule has 0 amide bonds. The molecule has 0 bridgehead atoms. The van der Waals surface area contributed by atoms with E-state index in [0.717, 1.165) is 5.56 Å². The molecule has 0 aliphatic heterocycles. The summed E-state index contributed by atoms with van der Waals surface area (Å²) in [6.45, 7) is 3.57. The van der Waals surface area contributed by atoms with Crippen LogP contribution < -0.4 is 0 Å². The second kappa shape index (κ2) is 4.02. The molecular weight excluding hydrogens is 155 g/mol. The largest absolute Gasteiger partial charge is 0.360 e. The first-order valence-electron chi connectivity index (χ1n) is 3.76. The van der Waals surface area contributed by atoms with Crippen molar-refractivity contribution in [1.82, 2.24) is 0 Å². The number of alkyl halides is 1. The van der Waals surface area contributed by atoms with Crippen LogP contribution in [-0.2, 0) is 6.42 Å². The smallest absolute Gasteiger partial charge is 0.222 e. The molecule has 0 heterocycles. The van der Waals surface area contributed by atoms with E-state index in [2.05, 4.69) is 6.58 Å². The topological polar surface area (TPSA) is 20.2 Å². The van der Waals surface area contributed by atoms with E-state index in [1.807, 2.05) is 6.07 Å². The van der Waals surface area contributed by atoms with Crippen molar-refractivity contribution in [2.45, 2.75) is 12.8 Å². The van der Waals surface area contributed by atoms with Crippen LogP contribution in [0.2, 0.25) is 0 Å². The summed E-state index contributed by atoms with van der Waals surface area (Å²) in [5.41, 5.74) is 1.26. The van der Waals surface area contributed by atoms with Crippen LogP contribution >= 0.6 is 0 Å². The average Bonchev–Trinajstić information content (AvgIpc) is 2.05. The highest BCUT2D eigenvalue weighted by atomic mass is 19.1. The minimum absolute atomic E-state index is 0.300. The lowest BCUT2D eigenvalue weighted by molar-refractivity contribution is 0.0410. The van der Waals surface area contributed by atoms with Crippen molar-refractivity contribution in [3.8, 4) is 0 Å². The van der Waals surface area contributed by atoms with E-state index in [4.69, 9.17) is 5.11 Å². The maximum atomic E-state index is 12.4. The van der Waals surface area contributed by atoms with Crippen molar-refractivity contribution >= 4 is 0 Å². The van der Waals surface area contributed by atoms with Crippen LogP contribution in [0.15, 0.2) is 36.9 Å². The summed E-state index contributed by atoms with van der Waals surface area (Å²) in [4.78, 5) is 0. The normalized spacial score (nSPS) is 12.5. The van der Waals surface area contributed by atoms with Crippen LogP contribution in [0.25, 0.3) is 0 Å². The zero-order valence-electron chi connectivity index (χ0n) is 6.70. The molecule has 1 nitrogen and oxygen atoms in total. The number of halogens is 1. The number of aliphatic hydroxyl groups excluding tert-OH is 1. The number of aliphatic hydroxyl groups is 1. The van der Waals surface area contributed by atoms with Crippen LogP contribution in [0.3, 0.4) is 0 Å². The van der Waals surface area contributed by atoms with Crippen LogP contribution in [0.5, 0.6) is 0 Å². The molecule has 64 valence electrons. The summed E-state index contributed by atoms with van der Waals surface area (Å²) in [5.74, 6) is 0. The van der Waals surface area contributed by atoms with Gasteiger partial charge in [-0.1, -0.05) is 30.3 Å². The van der Waals surface area contributed by atoms with Crippen LogP contribution in [0, 0.1) is 0 Å². The van der Waals surface area contributed by atoms with Gasteiger partial charge in [0, 0.05) is 5.56 Å². The van der Waals surface area contributed by atoms with E-state index in [-0.39, 0.29) is 0 Å². The third-order valence-corrected chi connectivity index (χ3v) is 1.61. The van der Waals surface area contributed by atoms with Crippen molar-refractivity contribution < 1.29 is 9.50 Å². The molecule has 0 spiro atoms. The highest BCUT2D eigenvalue weighted by molar-refractivity contribution is 5.25. The van der Waals surface area contributed by atoms with Gasteiger partial charge in [-0.3, -0.25) is 0 Å². The Morgan fingerprint density at radius 2 is 2.33 bits per heavy atom. The summed E-state index contributed by atoms with van der Waals surface area (Å²) in [6, 6.07) is 6.77. The van der Waals surface area contributed by atoms with Gasteiger partial charge in [0.15, 0.2) is 0 Å². The molecule has 1 atom stereocenters. The molecule has 1 rings (SSSR count). The Hall–Kier alpha value is -1.15. The van der Waals surface area contributed by atoms with E-state index in [9.17, 15) is 4.39 Å². The Labute approximate surface area is 71.2 Å². The van der Waals surface area contributed by atoms with Crippen LogP contribution in [-0.4, -0.2) is 5.11 Å². The van der Waals surface area contributed by atoms with Gasteiger partial charge in [-0.2, -0.15) is 0 Å². The Kier molecular flexibility index (Phi) is 3.00. The zero-order chi connectivity index (χ0) is 8.97. The maximum absolute atomic E-state index is 12.4. The molecule has 0 aliphatic carbocycles. The van der Waals surface area contributed by atoms with Gasteiger partial charge in [0.05, 0.1) is 0 Å². The molecule has 1 unspecified atom stereocenters. The van der Waals surface area contributed by atoms with Crippen molar-refractivity contribution in [3.63, 3.8) is 0 Å². The first kappa shape index (κ1) is 8.94. The fourth-order valence-electron chi connectivity index (χ4n) is 1.03. The molecule has 0 fully saturated rings. The van der Waals surface area contributed by atoms with Crippen LogP contribution in [0.1, 0.15) is 17.5 Å². The van der Waals surface area contributed by atoms with Gasteiger partial charge in [0.25, 0.3) is 0 Å². The predicted octanol–water partition coefficient (Wildman–Crippen LogP) is 2.38. The lowest BCUT2D eigenvalue weighted by atomic mass is 10.1. The van der Waals surface area contributed by atoms with Gasteiger partial charge in [-0.15, -0.1) is 6.58 Å². The molecule has 2 heteroatoms. The molecule has 0 radical (unpaired) electrons. The first-order chi connectivity index (χ1) is 5.74. The second-order valence-electron chi connectivity index (χ2n) is 2.57. The summed E-state index contributed by atoms with van der Waals surface area (Å²) in [5, 5.41) is 8.62. The minimum atomic E-state index is -1.88. The SMILES string of the molecule is C=CCc1cccc(C(O)F)c1. The van der Waals surface area contributed by atoms with E-state index in [0.29, 0.717) is 12.0 Å². The fraction of sp³-hybridized carbons (Fsp3) is 0.200. The Morgan fingerprint density at radius 3 is 2.92 bits per heavy atom. The van der Waals surface area contributed by atoms with E-state index in [1.165, 1.54) is 0 Å². The van der Waals surface area contributed by atoms with Crippen molar-refractivity contribution in [2.24, 2.45) is 0 Å². The van der Waals surface area contributed by atoms with Gasteiger partial charge in [0.1, 0.15) is 0 Å². The summed E-state index contributed by atoms with van der Waals surface area (Å²) >= 11 is 0. The molecule has 1 aromatic carbocycles. The molecule has 0 aliphatic rings. The van der Waals surface area contributed by atoms with E-state index in [1.54, 1.807) is 24.3 Å². The molecule has 1 aromatic rings. The van der Waals surface area contributed by atoms with Gasteiger partial charge in [-0.25, -0.2) is 4.39 Å². The van der Waals surface area contributed by atoms with E-state index >= 15 is 0 Å². The Balaban J connectivity index is 2.87. The molecule has 1 N–H and O–H groups in total. The molecule has 0 aromatic heterocycles.